The Bertz CT molecular complexity index is 753. The van der Waals surface area contributed by atoms with Gasteiger partial charge in [0.15, 0.2) is 5.65 Å². The van der Waals surface area contributed by atoms with Gasteiger partial charge in [0, 0.05) is 37.6 Å². The van der Waals surface area contributed by atoms with Gasteiger partial charge in [0.25, 0.3) is 5.91 Å². The van der Waals surface area contributed by atoms with Gasteiger partial charge in [0.1, 0.15) is 5.56 Å². The van der Waals surface area contributed by atoms with Crippen LogP contribution in [0.1, 0.15) is 27.4 Å². The fraction of sp³-hybridized carbons (Fsp3) is 0.562. The van der Waals surface area contributed by atoms with Crippen molar-refractivity contribution in [2.24, 2.45) is 11.8 Å². The maximum absolute atomic E-state index is 13.0. The first-order valence-corrected chi connectivity index (χ1v) is 7.88. The Kier molecular flexibility index (Phi) is 2.97. The molecule has 1 amide bonds. The minimum Gasteiger partial charge on any atom is -0.338 e. The maximum Gasteiger partial charge on any atom is 0.259 e. The van der Waals surface area contributed by atoms with Crippen LogP contribution in [0.15, 0.2) is 6.07 Å². The number of rotatable bonds is 1. The van der Waals surface area contributed by atoms with E-state index >= 15 is 0 Å². The van der Waals surface area contributed by atoms with E-state index in [1.807, 2.05) is 31.7 Å². The Morgan fingerprint density at radius 1 is 1.23 bits per heavy atom. The van der Waals surface area contributed by atoms with Crippen LogP contribution in [-0.4, -0.2) is 51.6 Å². The van der Waals surface area contributed by atoms with E-state index in [1.165, 1.54) is 0 Å². The van der Waals surface area contributed by atoms with E-state index in [-0.39, 0.29) is 5.91 Å². The molecule has 2 aromatic heterocycles. The Hall–Kier alpha value is -1.95. The van der Waals surface area contributed by atoms with Gasteiger partial charge in [-0.05, 0) is 38.7 Å². The quantitative estimate of drug-likeness (QED) is 0.851. The second-order valence-corrected chi connectivity index (χ2v) is 6.62. The lowest BCUT2D eigenvalue weighted by atomic mass is 10.0. The molecule has 0 saturated carbocycles. The third kappa shape index (κ3) is 1.94. The number of hydrogen-bond acceptors (Lipinski definition) is 4. The summed E-state index contributed by atoms with van der Waals surface area (Å²) in [6, 6.07) is 1.99. The van der Waals surface area contributed by atoms with Crippen LogP contribution in [0.3, 0.4) is 0 Å². The Morgan fingerprint density at radius 3 is 2.59 bits per heavy atom. The lowest BCUT2D eigenvalue weighted by Crippen LogP contribution is -2.32. The van der Waals surface area contributed by atoms with Gasteiger partial charge in [-0.15, -0.1) is 0 Å². The number of likely N-dealkylation sites (tertiary alicyclic amines) is 1. The van der Waals surface area contributed by atoms with E-state index in [2.05, 4.69) is 15.4 Å². The van der Waals surface area contributed by atoms with Crippen LogP contribution in [0.2, 0.25) is 0 Å². The molecule has 0 unspecified atom stereocenters. The average Bonchev–Trinajstić information content (AvgIpc) is 3.10. The summed E-state index contributed by atoms with van der Waals surface area (Å²) in [5.74, 6) is 1.28. The second kappa shape index (κ2) is 4.78. The van der Waals surface area contributed by atoms with Gasteiger partial charge < -0.3 is 10.2 Å². The fourth-order valence-electron chi connectivity index (χ4n) is 3.86. The highest BCUT2D eigenvalue weighted by Gasteiger charge is 2.39. The number of carbonyl (C=O) groups excluding carboxylic acids is 1. The number of carbonyl (C=O) groups is 1. The summed E-state index contributed by atoms with van der Waals surface area (Å²) in [6.07, 6.45) is 0. The van der Waals surface area contributed by atoms with Crippen molar-refractivity contribution >= 4 is 11.6 Å². The van der Waals surface area contributed by atoms with Crippen LogP contribution in [0.25, 0.3) is 5.65 Å². The Morgan fingerprint density at radius 2 is 1.91 bits per heavy atom. The molecular weight excluding hydrogens is 278 g/mol. The number of aromatic nitrogens is 3. The van der Waals surface area contributed by atoms with E-state index in [9.17, 15) is 4.79 Å². The van der Waals surface area contributed by atoms with Crippen molar-refractivity contribution < 1.29 is 4.79 Å². The van der Waals surface area contributed by atoms with Gasteiger partial charge in [-0.2, -0.15) is 5.10 Å². The molecule has 6 heteroatoms. The highest BCUT2D eigenvalue weighted by atomic mass is 16.2. The van der Waals surface area contributed by atoms with E-state index in [4.69, 9.17) is 0 Å². The van der Waals surface area contributed by atoms with Crippen LogP contribution >= 0.6 is 0 Å². The summed E-state index contributed by atoms with van der Waals surface area (Å²) in [5.41, 5.74) is 4.05. The first-order chi connectivity index (χ1) is 10.5. The fourth-order valence-corrected chi connectivity index (χ4v) is 3.86. The number of amides is 1. The van der Waals surface area contributed by atoms with Crippen LogP contribution in [-0.2, 0) is 0 Å². The summed E-state index contributed by atoms with van der Waals surface area (Å²) < 4.78 is 1.79. The molecule has 0 aliphatic carbocycles. The SMILES string of the molecule is Cc1cc(C)n2nc(C)c(C(=O)N3C[C@H]4CNC[C@H]4C3)c2n1. The molecule has 4 rings (SSSR count). The minimum atomic E-state index is 0.0828. The molecule has 2 aliphatic heterocycles. The average molecular weight is 299 g/mol. The third-order valence-electron chi connectivity index (χ3n) is 4.96. The van der Waals surface area contributed by atoms with E-state index in [0.717, 1.165) is 43.3 Å². The molecule has 0 bridgehead atoms. The van der Waals surface area contributed by atoms with E-state index in [0.29, 0.717) is 23.0 Å². The first kappa shape index (κ1) is 13.7. The first-order valence-electron chi connectivity index (χ1n) is 7.88. The van der Waals surface area contributed by atoms with Crippen LogP contribution in [0, 0.1) is 32.6 Å². The molecule has 116 valence electrons. The number of aryl methyl sites for hydroxylation is 3. The largest absolute Gasteiger partial charge is 0.338 e. The second-order valence-electron chi connectivity index (χ2n) is 6.62. The number of fused-ring (bicyclic) bond motifs is 2. The van der Waals surface area contributed by atoms with Crippen molar-refractivity contribution in [1.29, 1.82) is 0 Å². The molecule has 1 N–H and O–H groups in total. The summed E-state index contributed by atoms with van der Waals surface area (Å²) in [4.78, 5) is 19.6. The van der Waals surface area contributed by atoms with Crippen LogP contribution < -0.4 is 5.32 Å². The summed E-state index contributed by atoms with van der Waals surface area (Å²) in [6.45, 7) is 9.59. The highest BCUT2D eigenvalue weighted by molar-refractivity contribution is 6.01. The zero-order valence-electron chi connectivity index (χ0n) is 13.3. The number of nitrogens with zero attached hydrogens (tertiary/aromatic N) is 4. The van der Waals surface area contributed by atoms with Crippen molar-refractivity contribution in [2.45, 2.75) is 20.8 Å². The normalized spacial score (nSPS) is 24.2. The highest BCUT2D eigenvalue weighted by Crippen LogP contribution is 2.28. The lowest BCUT2D eigenvalue weighted by Gasteiger charge is -2.17. The topological polar surface area (TPSA) is 62.5 Å². The third-order valence-corrected chi connectivity index (χ3v) is 4.96. The zero-order valence-corrected chi connectivity index (χ0v) is 13.3. The van der Waals surface area contributed by atoms with Crippen LogP contribution in [0.4, 0.5) is 0 Å². The molecule has 2 fully saturated rings. The summed E-state index contributed by atoms with van der Waals surface area (Å²) in [7, 11) is 0. The molecule has 2 atom stereocenters. The lowest BCUT2D eigenvalue weighted by molar-refractivity contribution is 0.0782. The van der Waals surface area contributed by atoms with Crippen molar-refractivity contribution in [1.82, 2.24) is 24.8 Å². The van der Waals surface area contributed by atoms with E-state index < -0.39 is 0 Å². The zero-order chi connectivity index (χ0) is 15.4. The van der Waals surface area contributed by atoms with Crippen LogP contribution in [0.5, 0.6) is 0 Å². The van der Waals surface area contributed by atoms with Crippen molar-refractivity contribution in [3.05, 3.63) is 28.7 Å². The molecule has 0 spiro atoms. The summed E-state index contributed by atoms with van der Waals surface area (Å²) >= 11 is 0. The Labute approximate surface area is 129 Å². The molecule has 0 radical (unpaired) electrons. The maximum atomic E-state index is 13.0. The summed E-state index contributed by atoms with van der Waals surface area (Å²) in [5, 5.41) is 7.92. The van der Waals surface area contributed by atoms with Gasteiger partial charge in [-0.25, -0.2) is 9.50 Å². The molecule has 2 saturated heterocycles. The van der Waals surface area contributed by atoms with Crippen molar-refractivity contribution in [3.8, 4) is 0 Å². The van der Waals surface area contributed by atoms with Crippen molar-refractivity contribution in [2.75, 3.05) is 26.2 Å². The molecule has 6 nitrogen and oxygen atoms in total. The molecule has 2 aromatic rings. The van der Waals surface area contributed by atoms with Gasteiger partial charge in [-0.1, -0.05) is 0 Å². The monoisotopic (exact) mass is 299 g/mol. The standard InChI is InChI=1S/C16H21N5O/c1-9-4-10(2)21-15(18-9)14(11(3)19-21)16(22)20-7-12-5-17-6-13(12)8-20/h4,12-13,17H,5-8H2,1-3H3/t12-,13+. The smallest absolute Gasteiger partial charge is 0.259 e. The Balaban J connectivity index is 1.74. The van der Waals surface area contributed by atoms with Crippen molar-refractivity contribution in [3.63, 3.8) is 0 Å². The van der Waals surface area contributed by atoms with Gasteiger partial charge in [0.05, 0.1) is 5.69 Å². The number of nitrogens with one attached hydrogen (secondary N) is 1. The van der Waals surface area contributed by atoms with Gasteiger partial charge in [-0.3, -0.25) is 4.79 Å². The minimum absolute atomic E-state index is 0.0828. The molecule has 0 aromatic carbocycles. The molecular formula is C16H21N5O. The molecule has 4 heterocycles. The predicted octanol–water partition coefficient (Wildman–Crippen LogP) is 0.946. The molecule has 2 aliphatic rings. The van der Waals surface area contributed by atoms with Gasteiger partial charge in [0.2, 0.25) is 0 Å². The number of hydrogen-bond donors (Lipinski definition) is 1. The van der Waals surface area contributed by atoms with E-state index in [1.54, 1.807) is 4.52 Å². The molecule has 22 heavy (non-hydrogen) atoms. The van der Waals surface area contributed by atoms with Gasteiger partial charge >= 0.3 is 0 Å². The predicted molar refractivity (Wildman–Crippen MR) is 83.0 cm³/mol.